The van der Waals surface area contributed by atoms with Crippen LogP contribution in [0.4, 0.5) is 0 Å². The van der Waals surface area contributed by atoms with Crippen LogP contribution in [0, 0.1) is 0 Å². The van der Waals surface area contributed by atoms with Crippen molar-refractivity contribution in [3.05, 3.63) is 36.3 Å². The molecule has 0 aliphatic carbocycles. The number of imidazole rings is 1. The summed E-state index contributed by atoms with van der Waals surface area (Å²) in [6, 6.07) is 6.63. The molecule has 0 aromatic carbocycles. The monoisotopic (exact) mass is 286 g/mol. The molecule has 1 saturated heterocycles. The molecule has 0 atom stereocenters. The summed E-state index contributed by atoms with van der Waals surface area (Å²) in [6.07, 6.45) is 6.44. The molecule has 2 aromatic rings. The van der Waals surface area contributed by atoms with Crippen LogP contribution in [0.2, 0.25) is 0 Å². The van der Waals surface area contributed by atoms with E-state index in [9.17, 15) is 0 Å². The molecule has 1 aliphatic heterocycles. The molecule has 3 rings (SSSR count). The van der Waals surface area contributed by atoms with Crippen molar-refractivity contribution in [2.24, 2.45) is 0 Å². The van der Waals surface area contributed by atoms with Gasteiger partial charge in [-0.25, -0.2) is 4.98 Å². The summed E-state index contributed by atoms with van der Waals surface area (Å²) in [6.45, 7) is 9.97. The van der Waals surface area contributed by atoms with Crippen LogP contribution in [-0.4, -0.2) is 26.5 Å². The highest BCUT2D eigenvalue weighted by molar-refractivity contribution is 5.39. The molecule has 2 aromatic heterocycles. The molecule has 1 fully saturated rings. The van der Waals surface area contributed by atoms with E-state index in [1.807, 2.05) is 24.4 Å². The third-order valence-electron chi connectivity index (χ3n) is 4.18. The molecule has 0 saturated carbocycles. The van der Waals surface area contributed by atoms with Crippen molar-refractivity contribution in [2.45, 2.75) is 64.2 Å². The van der Waals surface area contributed by atoms with Gasteiger partial charge in [0.2, 0.25) is 0 Å². The lowest BCUT2D eigenvalue weighted by Crippen LogP contribution is -2.61. The number of nitrogens with zero attached hydrogens (tertiary/aromatic N) is 2. The second-order valence-electron chi connectivity index (χ2n) is 7.58. The molecule has 21 heavy (non-hydrogen) atoms. The lowest BCUT2D eigenvalue weighted by Gasteiger charge is -2.46. The highest BCUT2D eigenvalue weighted by Crippen LogP contribution is 2.28. The fourth-order valence-electron chi connectivity index (χ4n) is 3.79. The quantitative estimate of drug-likeness (QED) is 0.911. The summed E-state index contributed by atoms with van der Waals surface area (Å²) in [7, 11) is 0. The molecule has 3 heterocycles. The van der Waals surface area contributed by atoms with E-state index >= 15 is 0 Å². The zero-order valence-electron chi connectivity index (χ0n) is 13.5. The summed E-state index contributed by atoms with van der Waals surface area (Å²) in [4.78, 5) is 4.65. The zero-order chi connectivity index (χ0) is 15.1. The normalized spacial score (nSPS) is 21.7. The highest BCUT2D eigenvalue weighted by atomic mass is 15.1. The van der Waals surface area contributed by atoms with E-state index in [0.29, 0.717) is 6.04 Å². The number of rotatable bonds is 3. The predicted octanol–water partition coefficient (Wildman–Crippen LogP) is 2.73. The van der Waals surface area contributed by atoms with Crippen molar-refractivity contribution in [1.29, 1.82) is 0 Å². The number of hydrogen-bond donors (Lipinski definition) is 2. The fraction of sp³-hybridized carbons (Fsp3) is 0.588. The van der Waals surface area contributed by atoms with Gasteiger partial charge in [0.15, 0.2) is 0 Å². The topological polar surface area (TPSA) is 41.4 Å². The number of hydrogen-bond acceptors (Lipinski definition) is 3. The third-order valence-corrected chi connectivity index (χ3v) is 4.18. The van der Waals surface area contributed by atoms with Gasteiger partial charge in [-0.2, -0.15) is 0 Å². The lowest BCUT2D eigenvalue weighted by atomic mass is 9.79. The predicted molar refractivity (Wildman–Crippen MR) is 86.3 cm³/mol. The number of aromatic nitrogens is 2. The van der Waals surface area contributed by atoms with Crippen molar-refractivity contribution in [3.63, 3.8) is 0 Å². The minimum Gasteiger partial charge on any atom is -0.308 e. The molecule has 0 radical (unpaired) electrons. The Kier molecular flexibility index (Phi) is 3.54. The maximum absolute atomic E-state index is 4.65. The van der Waals surface area contributed by atoms with Gasteiger partial charge in [0.1, 0.15) is 5.65 Å². The number of nitrogens with one attached hydrogen (secondary N) is 2. The Morgan fingerprint density at radius 3 is 2.62 bits per heavy atom. The second-order valence-corrected chi connectivity index (χ2v) is 7.58. The first-order valence-electron chi connectivity index (χ1n) is 7.78. The molecule has 4 nitrogen and oxygen atoms in total. The maximum Gasteiger partial charge on any atom is 0.137 e. The summed E-state index contributed by atoms with van der Waals surface area (Å²) < 4.78 is 2.08. The fourth-order valence-corrected chi connectivity index (χ4v) is 3.79. The smallest absolute Gasteiger partial charge is 0.137 e. The van der Waals surface area contributed by atoms with Crippen LogP contribution in [0.15, 0.2) is 30.6 Å². The highest BCUT2D eigenvalue weighted by Gasteiger charge is 2.37. The Labute approximate surface area is 127 Å². The average Bonchev–Trinajstić information content (AvgIpc) is 2.75. The first-order chi connectivity index (χ1) is 9.83. The van der Waals surface area contributed by atoms with Gasteiger partial charge in [-0.15, -0.1) is 0 Å². The van der Waals surface area contributed by atoms with Crippen LogP contribution in [0.1, 0.15) is 46.2 Å². The summed E-state index contributed by atoms with van der Waals surface area (Å²) in [5.41, 5.74) is 2.48. The molecule has 0 amide bonds. The average molecular weight is 286 g/mol. The minimum atomic E-state index is 0.179. The van der Waals surface area contributed by atoms with Gasteiger partial charge in [0.25, 0.3) is 0 Å². The van der Waals surface area contributed by atoms with Gasteiger partial charge in [0, 0.05) is 36.1 Å². The Balaban J connectivity index is 1.66. The van der Waals surface area contributed by atoms with Crippen LogP contribution in [0.25, 0.3) is 5.65 Å². The van der Waals surface area contributed by atoms with Crippen LogP contribution in [-0.2, 0) is 6.54 Å². The Bertz CT molecular complexity index is 578. The number of pyridine rings is 1. The molecule has 2 N–H and O–H groups in total. The molecule has 4 heteroatoms. The Morgan fingerprint density at radius 1 is 1.24 bits per heavy atom. The number of fused-ring (bicyclic) bond motifs is 1. The summed E-state index contributed by atoms with van der Waals surface area (Å²) in [5.74, 6) is 0. The first-order valence-corrected chi connectivity index (χ1v) is 7.78. The third kappa shape index (κ3) is 3.44. The van der Waals surface area contributed by atoms with Crippen LogP contribution >= 0.6 is 0 Å². The molecule has 0 unspecified atom stereocenters. The van der Waals surface area contributed by atoms with Gasteiger partial charge < -0.3 is 15.0 Å². The van der Waals surface area contributed by atoms with Gasteiger partial charge in [-0.1, -0.05) is 6.07 Å². The standard InChI is InChI=1S/C17H26N4/c1-16(2)9-13(10-17(3,4)20-16)18-11-14-12-21-8-6-5-7-15(21)19-14/h5-8,12-13,18,20H,9-11H2,1-4H3. The minimum absolute atomic E-state index is 0.179. The lowest BCUT2D eigenvalue weighted by molar-refractivity contribution is 0.145. The van der Waals surface area contributed by atoms with E-state index in [2.05, 4.69) is 53.9 Å². The molecule has 0 bridgehead atoms. The van der Waals surface area contributed by atoms with E-state index < -0.39 is 0 Å². The first kappa shape index (κ1) is 14.5. The maximum atomic E-state index is 4.65. The van der Waals surface area contributed by atoms with E-state index in [4.69, 9.17) is 0 Å². The van der Waals surface area contributed by atoms with Gasteiger partial charge in [-0.3, -0.25) is 0 Å². The van der Waals surface area contributed by atoms with E-state index in [-0.39, 0.29) is 11.1 Å². The van der Waals surface area contributed by atoms with Crippen molar-refractivity contribution in [1.82, 2.24) is 20.0 Å². The SMILES string of the molecule is CC1(C)CC(NCc2cn3ccccc3n2)CC(C)(C)N1. The van der Waals surface area contributed by atoms with Gasteiger partial charge >= 0.3 is 0 Å². The van der Waals surface area contributed by atoms with Crippen LogP contribution in [0.5, 0.6) is 0 Å². The van der Waals surface area contributed by atoms with E-state index in [1.165, 1.54) is 0 Å². The van der Waals surface area contributed by atoms with Crippen molar-refractivity contribution < 1.29 is 0 Å². The molecule has 1 aliphatic rings. The Hall–Kier alpha value is -1.39. The molecule has 114 valence electrons. The van der Waals surface area contributed by atoms with Crippen LogP contribution in [0.3, 0.4) is 0 Å². The van der Waals surface area contributed by atoms with E-state index in [0.717, 1.165) is 30.7 Å². The number of piperidine rings is 1. The largest absolute Gasteiger partial charge is 0.308 e. The summed E-state index contributed by atoms with van der Waals surface area (Å²) >= 11 is 0. The van der Waals surface area contributed by atoms with Gasteiger partial charge in [-0.05, 0) is 52.7 Å². The second kappa shape index (κ2) is 5.11. The zero-order valence-corrected chi connectivity index (χ0v) is 13.5. The van der Waals surface area contributed by atoms with Crippen molar-refractivity contribution in [3.8, 4) is 0 Å². The summed E-state index contributed by atoms with van der Waals surface area (Å²) in [5, 5.41) is 7.42. The van der Waals surface area contributed by atoms with E-state index in [1.54, 1.807) is 0 Å². The van der Waals surface area contributed by atoms with Crippen LogP contribution < -0.4 is 10.6 Å². The van der Waals surface area contributed by atoms with Crippen molar-refractivity contribution in [2.75, 3.05) is 0 Å². The van der Waals surface area contributed by atoms with Gasteiger partial charge in [0.05, 0.1) is 5.69 Å². The molecular formula is C17H26N4. The molecular weight excluding hydrogens is 260 g/mol. The molecule has 0 spiro atoms. The van der Waals surface area contributed by atoms with Crippen molar-refractivity contribution >= 4 is 5.65 Å². The Morgan fingerprint density at radius 2 is 1.95 bits per heavy atom.